The average Bonchev–Trinajstić information content (AvgIpc) is 3.26. The molecule has 10 heteroatoms. The SMILES string of the molecule is CN1CCC(Sc2cc(C(=O)Nc3cc4nc(-c5cn(C)nn5)ccc4cn3)ccn2)CC1. The quantitative estimate of drug-likeness (QED) is 0.484. The maximum absolute atomic E-state index is 12.9. The molecule has 1 amide bonds. The molecule has 0 bridgehead atoms. The largest absolute Gasteiger partial charge is 0.306 e. The maximum atomic E-state index is 12.9. The summed E-state index contributed by atoms with van der Waals surface area (Å²) in [6.07, 6.45) is 7.46. The Hall–Kier alpha value is -3.37. The molecule has 0 aromatic carbocycles. The lowest BCUT2D eigenvalue weighted by atomic mass is 10.1. The summed E-state index contributed by atoms with van der Waals surface area (Å²) in [5.74, 6) is 0.220. The highest BCUT2D eigenvalue weighted by molar-refractivity contribution is 7.99. The smallest absolute Gasteiger partial charge is 0.256 e. The number of amides is 1. The predicted molar refractivity (Wildman–Crippen MR) is 128 cm³/mol. The number of nitrogens with zero attached hydrogens (tertiary/aromatic N) is 7. The second kappa shape index (κ2) is 9.24. The molecular formula is C23H24N8OS. The minimum Gasteiger partial charge on any atom is -0.306 e. The van der Waals surface area contributed by atoms with E-state index in [9.17, 15) is 4.79 Å². The van der Waals surface area contributed by atoms with Crippen molar-refractivity contribution in [3.63, 3.8) is 0 Å². The number of likely N-dealkylation sites (tertiary alicyclic amines) is 1. The highest BCUT2D eigenvalue weighted by atomic mass is 32.2. The van der Waals surface area contributed by atoms with Crippen molar-refractivity contribution in [2.24, 2.45) is 7.05 Å². The Kier molecular flexibility index (Phi) is 6.01. The van der Waals surface area contributed by atoms with Crippen molar-refractivity contribution in [1.29, 1.82) is 0 Å². The molecule has 1 fully saturated rings. The standard InChI is InChI=1S/C23H24N8OS/c1-30-9-6-17(7-10-30)33-22-11-15(5-8-24-22)23(32)27-21-12-19-16(13-25-21)3-4-18(26-19)20-14-31(2)29-28-20/h3-5,8,11-14,17H,6-7,9-10H2,1-2H3,(H,25,27,32). The Morgan fingerprint density at radius 2 is 1.94 bits per heavy atom. The molecule has 4 aromatic rings. The van der Waals surface area contributed by atoms with Gasteiger partial charge in [0.2, 0.25) is 0 Å². The minimum atomic E-state index is -0.223. The van der Waals surface area contributed by atoms with Gasteiger partial charge < -0.3 is 10.2 Å². The van der Waals surface area contributed by atoms with Crippen LogP contribution in [-0.4, -0.2) is 66.1 Å². The van der Waals surface area contributed by atoms with Crippen LogP contribution >= 0.6 is 11.8 Å². The van der Waals surface area contributed by atoms with Crippen LogP contribution in [0.2, 0.25) is 0 Å². The van der Waals surface area contributed by atoms with Crippen molar-refractivity contribution < 1.29 is 4.79 Å². The first-order valence-electron chi connectivity index (χ1n) is 10.8. The van der Waals surface area contributed by atoms with E-state index in [4.69, 9.17) is 0 Å². The third kappa shape index (κ3) is 5.01. The van der Waals surface area contributed by atoms with E-state index in [1.807, 2.05) is 31.4 Å². The molecule has 0 saturated carbocycles. The molecule has 33 heavy (non-hydrogen) atoms. The van der Waals surface area contributed by atoms with Crippen molar-refractivity contribution in [1.82, 2.24) is 34.8 Å². The number of nitrogens with one attached hydrogen (secondary N) is 1. The molecule has 5 rings (SSSR count). The summed E-state index contributed by atoms with van der Waals surface area (Å²) in [7, 11) is 3.96. The fourth-order valence-electron chi connectivity index (χ4n) is 3.77. The highest BCUT2D eigenvalue weighted by Gasteiger charge is 2.19. The van der Waals surface area contributed by atoms with Gasteiger partial charge in [-0.2, -0.15) is 0 Å². The molecule has 5 heterocycles. The number of rotatable bonds is 5. The number of piperidine rings is 1. The second-order valence-corrected chi connectivity index (χ2v) is 9.51. The Balaban J connectivity index is 1.31. The monoisotopic (exact) mass is 460 g/mol. The molecule has 1 aliphatic rings. The summed E-state index contributed by atoms with van der Waals surface area (Å²) in [6, 6.07) is 9.15. The zero-order valence-electron chi connectivity index (χ0n) is 18.5. The van der Waals surface area contributed by atoms with Gasteiger partial charge in [-0.1, -0.05) is 5.21 Å². The van der Waals surface area contributed by atoms with Crippen molar-refractivity contribution in [2.45, 2.75) is 23.1 Å². The van der Waals surface area contributed by atoms with Gasteiger partial charge in [-0.05, 0) is 57.2 Å². The molecule has 168 valence electrons. The lowest BCUT2D eigenvalue weighted by Crippen LogP contribution is -2.31. The van der Waals surface area contributed by atoms with Crippen LogP contribution in [0.1, 0.15) is 23.2 Å². The van der Waals surface area contributed by atoms with E-state index in [-0.39, 0.29) is 5.91 Å². The number of hydrogen-bond donors (Lipinski definition) is 1. The van der Waals surface area contributed by atoms with Crippen molar-refractivity contribution in [3.8, 4) is 11.4 Å². The van der Waals surface area contributed by atoms with Gasteiger partial charge in [-0.25, -0.2) is 15.0 Å². The van der Waals surface area contributed by atoms with Crippen molar-refractivity contribution >= 4 is 34.4 Å². The Labute approximate surface area is 195 Å². The normalized spacial score (nSPS) is 15.1. The van der Waals surface area contributed by atoms with Crippen molar-refractivity contribution in [3.05, 3.63) is 54.5 Å². The number of anilines is 1. The molecule has 0 spiro atoms. The lowest BCUT2D eigenvalue weighted by molar-refractivity contribution is 0.102. The second-order valence-electron chi connectivity index (χ2n) is 8.19. The fraction of sp³-hybridized carbons (Fsp3) is 0.304. The number of aromatic nitrogens is 6. The van der Waals surface area contributed by atoms with Crippen LogP contribution in [0.15, 0.2) is 53.9 Å². The van der Waals surface area contributed by atoms with Crippen LogP contribution < -0.4 is 5.32 Å². The predicted octanol–water partition coefficient (Wildman–Crippen LogP) is 3.26. The summed E-state index contributed by atoms with van der Waals surface area (Å²) in [4.78, 5) is 28.7. The third-order valence-electron chi connectivity index (χ3n) is 5.63. The Morgan fingerprint density at radius 3 is 2.73 bits per heavy atom. The topological polar surface area (TPSA) is 102 Å². The van der Waals surface area contributed by atoms with Gasteiger partial charge in [0.05, 0.1) is 22.4 Å². The van der Waals surface area contributed by atoms with Crippen LogP contribution in [0.3, 0.4) is 0 Å². The molecule has 1 aliphatic heterocycles. The molecular weight excluding hydrogens is 436 g/mol. The zero-order valence-corrected chi connectivity index (χ0v) is 19.3. The van der Waals surface area contributed by atoms with Gasteiger partial charge in [0.15, 0.2) is 0 Å². The lowest BCUT2D eigenvalue weighted by Gasteiger charge is -2.28. The molecule has 0 unspecified atom stereocenters. The van der Waals surface area contributed by atoms with Gasteiger partial charge in [-0.3, -0.25) is 9.48 Å². The van der Waals surface area contributed by atoms with E-state index < -0.39 is 0 Å². The summed E-state index contributed by atoms with van der Waals surface area (Å²) in [5.41, 5.74) is 2.68. The molecule has 0 radical (unpaired) electrons. The number of pyridine rings is 3. The molecule has 0 aliphatic carbocycles. The van der Waals surface area contributed by atoms with E-state index >= 15 is 0 Å². The van der Waals surface area contributed by atoms with E-state index in [0.29, 0.717) is 28.0 Å². The summed E-state index contributed by atoms with van der Waals surface area (Å²) in [6.45, 7) is 2.19. The Bertz CT molecular complexity index is 1300. The summed E-state index contributed by atoms with van der Waals surface area (Å²) < 4.78 is 1.63. The first-order chi connectivity index (χ1) is 16.0. The van der Waals surface area contributed by atoms with Crippen LogP contribution in [-0.2, 0) is 7.05 Å². The molecule has 1 saturated heterocycles. The van der Waals surface area contributed by atoms with Crippen LogP contribution in [0.4, 0.5) is 5.82 Å². The van der Waals surface area contributed by atoms with E-state index in [2.05, 4.69) is 42.5 Å². The first-order valence-corrected chi connectivity index (χ1v) is 11.7. The molecule has 1 N–H and O–H groups in total. The summed E-state index contributed by atoms with van der Waals surface area (Å²) >= 11 is 1.75. The number of carbonyl (C=O) groups is 1. The van der Waals surface area contributed by atoms with Gasteiger partial charge in [0.1, 0.15) is 11.5 Å². The molecule has 4 aromatic heterocycles. The fourth-order valence-corrected chi connectivity index (χ4v) is 4.87. The van der Waals surface area contributed by atoms with Gasteiger partial charge in [-0.15, -0.1) is 16.9 Å². The number of hydrogen-bond acceptors (Lipinski definition) is 8. The number of carbonyl (C=O) groups excluding carboxylic acids is 1. The van der Waals surface area contributed by atoms with Gasteiger partial charge >= 0.3 is 0 Å². The van der Waals surface area contributed by atoms with E-state index in [0.717, 1.165) is 41.9 Å². The number of thioether (sulfide) groups is 1. The van der Waals surface area contributed by atoms with Crippen LogP contribution in [0, 0.1) is 0 Å². The van der Waals surface area contributed by atoms with Crippen LogP contribution in [0.25, 0.3) is 22.3 Å². The zero-order chi connectivity index (χ0) is 22.8. The molecule has 9 nitrogen and oxygen atoms in total. The third-order valence-corrected chi connectivity index (χ3v) is 6.90. The maximum Gasteiger partial charge on any atom is 0.256 e. The minimum absolute atomic E-state index is 0.223. The van der Waals surface area contributed by atoms with Crippen LogP contribution in [0.5, 0.6) is 0 Å². The van der Waals surface area contributed by atoms with Crippen molar-refractivity contribution in [2.75, 3.05) is 25.5 Å². The number of fused-ring (bicyclic) bond motifs is 1. The van der Waals surface area contributed by atoms with E-state index in [1.54, 1.807) is 41.0 Å². The average molecular weight is 461 g/mol. The Morgan fingerprint density at radius 1 is 1.09 bits per heavy atom. The van der Waals surface area contributed by atoms with Gasteiger partial charge in [0.25, 0.3) is 5.91 Å². The summed E-state index contributed by atoms with van der Waals surface area (Å²) in [5, 5.41) is 13.2. The highest BCUT2D eigenvalue weighted by Crippen LogP contribution is 2.29. The first kappa shape index (κ1) is 21.5. The van der Waals surface area contributed by atoms with Gasteiger partial charge in [0, 0.05) is 41.7 Å². The van der Waals surface area contributed by atoms with E-state index in [1.165, 1.54) is 0 Å². The molecule has 0 atom stereocenters. The number of aryl methyl sites for hydroxylation is 1.